The molecule has 1 aliphatic rings. The van der Waals surface area contributed by atoms with Crippen molar-refractivity contribution in [2.45, 2.75) is 44.2 Å². The minimum Gasteiger partial charge on any atom is -0.334 e. The van der Waals surface area contributed by atoms with Crippen LogP contribution < -0.4 is 0 Å². The molecule has 6 heteroatoms. The molecule has 0 unspecified atom stereocenters. The summed E-state index contributed by atoms with van der Waals surface area (Å²) < 4.78 is 29.0. The summed E-state index contributed by atoms with van der Waals surface area (Å²) in [5, 5.41) is 0.176. The van der Waals surface area contributed by atoms with Gasteiger partial charge in [-0.1, -0.05) is 30.3 Å². The highest BCUT2D eigenvalue weighted by molar-refractivity contribution is 7.89. The Hall–Kier alpha value is -1.66. The standard InChI is InChI=1S/C17H23N3O2S/c1-3-19-13-17(18-14(19)2)23(21,22)20-11-9-16(10-12-20)15-7-5-4-6-8-15/h4-8,13,16H,3,9-12H2,1-2H3. The van der Waals surface area contributed by atoms with E-state index < -0.39 is 10.0 Å². The molecule has 0 amide bonds. The Kier molecular flexibility index (Phi) is 4.55. The van der Waals surface area contributed by atoms with Gasteiger partial charge >= 0.3 is 0 Å². The van der Waals surface area contributed by atoms with Gasteiger partial charge in [-0.2, -0.15) is 4.31 Å². The van der Waals surface area contributed by atoms with E-state index in [1.165, 1.54) is 5.56 Å². The Morgan fingerprint density at radius 1 is 1.17 bits per heavy atom. The molecule has 0 saturated carbocycles. The molecule has 1 saturated heterocycles. The van der Waals surface area contributed by atoms with Crippen molar-refractivity contribution >= 4 is 10.0 Å². The molecule has 0 bridgehead atoms. The molecule has 0 radical (unpaired) electrons. The highest BCUT2D eigenvalue weighted by Gasteiger charge is 2.31. The minimum absolute atomic E-state index is 0.176. The lowest BCUT2D eigenvalue weighted by Crippen LogP contribution is -2.38. The first-order valence-electron chi connectivity index (χ1n) is 8.11. The summed E-state index contributed by atoms with van der Waals surface area (Å²) in [6, 6.07) is 10.3. The van der Waals surface area contributed by atoms with Crippen LogP contribution in [0.5, 0.6) is 0 Å². The Balaban J connectivity index is 1.73. The van der Waals surface area contributed by atoms with Gasteiger partial charge in [0.15, 0.2) is 5.03 Å². The molecule has 1 aromatic carbocycles. The molecule has 1 fully saturated rings. The fraction of sp³-hybridized carbons (Fsp3) is 0.471. The van der Waals surface area contributed by atoms with Crippen molar-refractivity contribution in [2.75, 3.05) is 13.1 Å². The normalized spacial score (nSPS) is 17.5. The molecule has 5 nitrogen and oxygen atoms in total. The number of imidazole rings is 1. The van der Waals surface area contributed by atoms with Crippen molar-refractivity contribution in [2.24, 2.45) is 0 Å². The number of hydrogen-bond donors (Lipinski definition) is 0. The summed E-state index contributed by atoms with van der Waals surface area (Å²) in [6.45, 7) is 5.66. The second-order valence-electron chi connectivity index (χ2n) is 6.00. The maximum atomic E-state index is 12.8. The number of nitrogens with zero attached hydrogens (tertiary/aromatic N) is 3. The first kappa shape index (κ1) is 16.2. The van der Waals surface area contributed by atoms with Crippen LogP contribution in [0.3, 0.4) is 0 Å². The summed E-state index contributed by atoms with van der Waals surface area (Å²) in [4.78, 5) is 4.24. The molecule has 0 spiro atoms. The molecule has 0 atom stereocenters. The predicted molar refractivity (Wildman–Crippen MR) is 89.8 cm³/mol. The van der Waals surface area contributed by atoms with Crippen LogP contribution in [0.1, 0.15) is 37.1 Å². The lowest BCUT2D eigenvalue weighted by atomic mass is 9.90. The molecule has 124 valence electrons. The van der Waals surface area contributed by atoms with Gasteiger partial charge in [0.2, 0.25) is 0 Å². The fourth-order valence-electron chi connectivity index (χ4n) is 3.21. The van der Waals surface area contributed by atoms with Gasteiger partial charge in [0.25, 0.3) is 10.0 Å². The van der Waals surface area contributed by atoms with Crippen LogP contribution in [0.25, 0.3) is 0 Å². The van der Waals surface area contributed by atoms with Crippen LogP contribution in [0.15, 0.2) is 41.6 Å². The van der Waals surface area contributed by atoms with Crippen LogP contribution in [0.4, 0.5) is 0 Å². The third kappa shape index (κ3) is 3.19. The molecule has 0 N–H and O–H groups in total. The SMILES string of the molecule is CCn1cc(S(=O)(=O)N2CCC(c3ccccc3)CC2)nc1C. The van der Waals surface area contributed by atoms with E-state index in [4.69, 9.17) is 0 Å². The van der Waals surface area contributed by atoms with E-state index in [1.807, 2.05) is 36.6 Å². The number of piperidine rings is 1. The number of aryl methyl sites for hydroxylation is 2. The maximum absolute atomic E-state index is 12.8. The van der Waals surface area contributed by atoms with Gasteiger partial charge in [-0.3, -0.25) is 0 Å². The van der Waals surface area contributed by atoms with Gasteiger partial charge in [0.1, 0.15) is 5.82 Å². The van der Waals surface area contributed by atoms with Crippen molar-refractivity contribution in [1.82, 2.24) is 13.9 Å². The zero-order valence-electron chi connectivity index (χ0n) is 13.6. The van der Waals surface area contributed by atoms with Gasteiger partial charge in [0.05, 0.1) is 0 Å². The molecule has 2 heterocycles. The quantitative estimate of drug-likeness (QED) is 0.864. The summed E-state index contributed by atoms with van der Waals surface area (Å²) in [5.74, 6) is 1.18. The molecule has 3 rings (SSSR count). The van der Waals surface area contributed by atoms with Crippen LogP contribution in [0, 0.1) is 6.92 Å². The first-order valence-corrected chi connectivity index (χ1v) is 9.55. The van der Waals surface area contributed by atoms with E-state index in [0.717, 1.165) is 25.2 Å². The van der Waals surface area contributed by atoms with E-state index in [-0.39, 0.29) is 5.03 Å². The van der Waals surface area contributed by atoms with Crippen LogP contribution >= 0.6 is 0 Å². The average Bonchev–Trinajstić information content (AvgIpc) is 2.97. The Morgan fingerprint density at radius 3 is 2.39 bits per heavy atom. The Labute approximate surface area is 138 Å². The van der Waals surface area contributed by atoms with Crippen molar-refractivity contribution in [3.8, 4) is 0 Å². The Morgan fingerprint density at radius 2 is 1.83 bits per heavy atom. The molecule has 1 aromatic heterocycles. The molecular weight excluding hydrogens is 310 g/mol. The lowest BCUT2D eigenvalue weighted by Gasteiger charge is -2.30. The van der Waals surface area contributed by atoms with Crippen LogP contribution in [-0.4, -0.2) is 35.4 Å². The molecular formula is C17H23N3O2S. The van der Waals surface area contributed by atoms with E-state index in [0.29, 0.717) is 19.0 Å². The third-order valence-corrected chi connectivity index (χ3v) is 6.39. The highest BCUT2D eigenvalue weighted by atomic mass is 32.2. The molecule has 1 aliphatic heterocycles. The van der Waals surface area contributed by atoms with Crippen molar-refractivity contribution in [1.29, 1.82) is 0 Å². The number of sulfonamides is 1. The smallest absolute Gasteiger partial charge is 0.262 e. The zero-order chi connectivity index (χ0) is 16.4. The van der Waals surface area contributed by atoms with Crippen molar-refractivity contribution < 1.29 is 8.42 Å². The van der Waals surface area contributed by atoms with Crippen LogP contribution in [0.2, 0.25) is 0 Å². The summed E-state index contributed by atoms with van der Waals surface area (Å²) >= 11 is 0. The molecule has 0 aliphatic carbocycles. The van der Waals surface area contributed by atoms with E-state index >= 15 is 0 Å². The number of hydrogen-bond acceptors (Lipinski definition) is 3. The summed E-state index contributed by atoms with van der Waals surface area (Å²) in [5.41, 5.74) is 1.30. The monoisotopic (exact) mass is 333 g/mol. The highest BCUT2D eigenvalue weighted by Crippen LogP contribution is 2.30. The van der Waals surface area contributed by atoms with Gasteiger partial charge in [-0.05, 0) is 38.2 Å². The minimum atomic E-state index is -3.48. The van der Waals surface area contributed by atoms with E-state index in [2.05, 4.69) is 17.1 Å². The second-order valence-corrected chi connectivity index (χ2v) is 7.89. The van der Waals surface area contributed by atoms with E-state index in [1.54, 1.807) is 10.5 Å². The second kappa shape index (κ2) is 6.45. The molecule has 2 aromatic rings. The topological polar surface area (TPSA) is 55.2 Å². The fourth-order valence-corrected chi connectivity index (χ4v) is 4.67. The largest absolute Gasteiger partial charge is 0.334 e. The Bertz CT molecular complexity index is 760. The van der Waals surface area contributed by atoms with Crippen molar-refractivity contribution in [3.63, 3.8) is 0 Å². The number of aromatic nitrogens is 2. The van der Waals surface area contributed by atoms with Crippen LogP contribution in [-0.2, 0) is 16.6 Å². The average molecular weight is 333 g/mol. The molecule has 23 heavy (non-hydrogen) atoms. The van der Waals surface area contributed by atoms with Crippen molar-refractivity contribution in [3.05, 3.63) is 47.9 Å². The van der Waals surface area contributed by atoms with Gasteiger partial charge < -0.3 is 4.57 Å². The van der Waals surface area contributed by atoms with Gasteiger partial charge in [-0.15, -0.1) is 0 Å². The number of rotatable bonds is 4. The maximum Gasteiger partial charge on any atom is 0.262 e. The first-order chi connectivity index (χ1) is 11.0. The predicted octanol–water partition coefficient (Wildman–Crippen LogP) is 2.78. The summed E-state index contributed by atoms with van der Waals surface area (Å²) in [6.07, 6.45) is 3.36. The van der Waals surface area contributed by atoms with Gasteiger partial charge in [0, 0.05) is 25.8 Å². The van der Waals surface area contributed by atoms with Gasteiger partial charge in [-0.25, -0.2) is 13.4 Å². The van der Waals surface area contributed by atoms with E-state index in [9.17, 15) is 8.42 Å². The summed E-state index contributed by atoms with van der Waals surface area (Å²) in [7, 11) is -3.48. The lowest BCUT2D eigenvalue weighted by molar-refractivity contribution is 0.318. The third-order valence-electron chi connectivity index (χ3n) is 4.62. The number of benzene rings is 1. The zero-order valence-corrected chi connectivity index (χ0v) is 14.5.